The Bertz CT molecular complexity index is 755. The molecule has 1 heterocycles. The Morgan fingerprint density at radius 3 is 2.46 bits per heavy atom. The van der Waals surface area contributed by atoms with Crippen molar-refractivity contribution >= 4 is 31.9 Å². The number of hydrogen-bond donors (Lipinski definition) is 2. The van der Waals surface area contributed by atoms with E-state index < -0.39 is 10.0 Å². The largest absolute Gasteiger partial charge is 0.349 e. The number of carbonyl (C=O) groups excluding carboxylic acids is 1. The van der Waals surface area contributed by atoms with E-state index in [0.29, 0.717) is 10.0 Å². The summed E-state index contributed by atoms with van der Waals surface area (Å²) in [4.78, 5) is 15.0. The van der Waals surface area contributed by atoms with Gasteiger partial charge in [-0.15, -0.1) is 0 Å². The second kappa shape index (κ2) is 8.37. The summed E-state index contributed by atoms with van der Waals surface area (Å²) in [5.74, 6) is 0.578. The summed E-state index contributed by atoms with van der Waals surface area (Å²) in [7, 11) is -3.84. The second-order valence-electron chi connectivity index (χ2n) is 7.39. The number of nitrogens with two attached hydrogens (primary N) is 1. The average Bonchev–Trinajstić information content (AvgIpc) is 3.09. The Hall–Kier alpha value is -0.960. The van der Waals surface area contributed by atoms with Crippen molar-refractivity contribution in [1.82, 2.24) is 10.2 Å². The zero-order chi connectivity index (χ0) is 18.7. The molecule has 1 saturated heterocycles. The molecule has 1 aliphatic carbocycles. The summed E-state index contributed by atoms with van der Waals surface area (Å²) in [5, 5.41) is 8.20. The van der Waals surface area contributed by atoms with Gasteiger partial charge < -0.3 is 10.2 Å². The number of carbonyl (C=O) groups is 1. The predicted molar refractivity (Wildman–Crippen MR) is 104 cm³/mol. The minimum absolute atomic E-state index is 0.0581. The van der Waals surface area contributed by atoms with Gasteiger partial charge in [-0.25, -0.2) is 13.6 Å². The molecular formula is C18H26BrN3O3S. The Morgan fingerprint density at radius 2 is 1.85 bits per heavy atom. The molecule has 0 bridgehead atoms. The van der Waals surface area contributed by atoms with Gasteiger partial charge in [0, 0.05) is 30.1 Å². The molecule has 1 aromatic rings. The first-order valence-corrected chi connectivity index (χ1v) is 11.5. The highest BCUT2D eigenvalue weighted by Gasteiger charge is 2.25. The zero-order valence-electron chi connectivity index (χ0n) is 14.8. The van der Waals surface area contributed by atoms with Crippen LogP contribution in [0.4, 0.5) is 0 Å². The van der Waals surface area contributed by atoms with Crippen molar-refractivity contribution in [3.8, 4) is 0 Å². The van der Waals surface area contributed by atoms with Crippen LogP contribution in [-0.2, 0) is 10.0 Å². The zero-order valence-corrected chi connectivity index (χ0v) is 17.2. The van der Waals surface area contributed by atoms with E-state index in [9.17, 15) is 13.2 Å². The number of rotatable bonds is 5. The highest BCUT2D eigenvalue weighted by molar-refractivity contribution is 9.10. The molecule has 0 spiro atoms. The van der Waals surface area contributed by atoms with Gasteiger partial charge in [-0.1, -0.05) is 12.8 Å². The first-order chi connectivity index (χ1) is 12.3. The van der Waals surface area contributed by atoms with Crippen LogP contribution in [0.2, 0.25) is 0 Å². The molecule has 0 aromatic heterocycles. The molecule has 0 radical (unpaired) electrons. The normalized spacial score (nSPS) is 20.4. The van der Waals surface area contributed by atoms with Gasteiger partial charge in [0.1, 0.15) is 0 Å². The summed E-state index contributed by atoms with van der Waals surface area (Å²) < 4.78 is 23.6. The summed E-state index contributed by atoms with van der Waals surface area (Å²) in [6.45, 7) is 3.18. The van der Waals surface area contributed by atoms with Gasteiger partial charge in [0.25, 0.3) is 5.91 Å². The number of primary sulfonamides is 1. The SMILES string of the molecule is NS(=O)(=O)c1ccc(Br)c(C(=O)NC2CCN(CC3CCCC3)CC2)c1. The lowest BCUT2D eigenvalue weighted by atomic mass is 10.0. The number of nitrogens with zero attached hydrogens (tertiary/aromatic N) is 1. The third kappa shape index (κ3) is 5.06. The Labute approximate surface area is 163 Å². The van der Waals surface area contributed by atoms with Crippen LogP contribution >= 0.6 is 15.9 Å². The van der Waals surface area contributed by atoms with Crippen LogP contribution in [0.5, 0.6) is 0 Å². The van der Waals surface area contributed by atoms with Crippen molar-refractivity contribution in [3.05, 3.63) is 28.2 Å². The monoisotopic (exact) mass is 443 g/mol. The predicted octanol–water partition coefficient (Wildman–Crippen LogP) is 2.48. The van der Waals surface area contributed by atoms with Crippen LogP contribution in [0.15, 0.2) is 27.6 Å². The molecule has 2 aliphatic rings. The highest BCUT2D eigenvalue weighted by atomic mass is 79.9. The smallest absolute Gasteiger partial charge is 0.252 e. The molecule has 8 heteroatoms. The molecular weight excluding hydrogens is 418 g/mol. The minimum atomic E-state index is -3.84. The van der Waals surface area contributed by atoms with E-state index in [-0.39, 0.29) is 16.8 Å². The van der Waals surface area contributed by atoms with Crippen LogP contribution in [0.25, 0.3) is 0 Å². The van der Waals surface area contributed by atoms with E-state index in [1.54, 1.807) is 6.07 Å². The summed E-state index contributed by atoms with van der Waals surface area (Å²) >= 11 is 3.32. The molecule has 144 valence electrons. The molecule has 1 aliphatic heterocycles. The van der Waals surface area contributed by atoms with Gasteiger partial charge >= 0.3 is 0 Å². The van der Waals surface area contributed by atoms with Gasteiger partial charge in [-0.05, 0) is 65.7 Å². The van der Waals surface area contributed by atoms with Crippen molar-refractivity contribution in [3.63, 3.8) is 0 Å². The number of nitrogens with one attached hydrogen (secondary N) is 1. The van der Waals surface area contributed by atoms with E-state index in [1.165, 1.54) is 44.4 Å². The van der Waals surface area contributed by atoms with Crippen LogP contribution in [0, 0.1) is 5.92 Å². The number of piperidine rings is 1. The van der Waals surface area contributed by atoms with Crippen molar-refractivity contribution in [2.24, 2.45) is 11.1 Å². The van der Waals surface area contributed by atoms with Crippen molar-refractivity contribution < 1.29 is 13.2 Å². The highest BCUT2D eigenvalue weighted by Crippen LogP contribution is 2.27. The molecule has 6 nitrogen and oxygen atoms in total. The molecule has 3 rings (SSSR count). The molecule has 3 N–H and O–H groups in total. The summed E-state index contributed by atoms with van der Waals surface area (Å²) in [6.07, 6.45) is 7.28. The lowest BCUT2D eigenvalue weighted by Gasteiger charge is -2.33. The van der Waals surface area contributed by atoms with E-state index in [2.05, 4.69) is 26.1 Å². The molecule has 1 saturated carbocycles. The fourth-order valence-electron chi connectivity index (χ4n) is 3.94. The van der Waals surface area contributed by atoms with Crippen molar-refractivity contribution in [1.29, 1.82) is 0 Å². The molecule has 1 aromatic carbocycles. The van der Waals surface area contributed by atoms with Gasteiger partial charge in [0.05, 0.1) is 10.5 Å². The van der Waals surface area contributed by atoms with Gasteiger partial charge in [0.15, 0.2) is 0 Å². The quantitative estimate of drug-likeness (QED) is 0.730. The molecule has 0 unspecified atom stereocenters. The maximum Gasteiger partial charge on any atom is 0.252 e. The number of amides is 1. The minimum Gasteiger partial charge on any atom is -0.349 e. The first-order valence-electron chi connectivity index (χ1n) is 9.18. The number of benzene rings is 1. The first kappa shape index (κ1) is 19.8. The van der Waals surface area contributed by atoms with Gasteiger partial charge in [0.2, 0.25) is 10.0 Å². The lowest BCUT2D eigenvalue weighted by molar-refractivity contribution is 0.0904. The third-order valence-electron chi connectivity index (χ3n) is 5.42. The average molecular weight is 444 g/mol. The fraction of sp³-hybridized carbons (Fsp3) is 0.611. The summed E-state index contributed by atoms with van der Waals surface area (Å²) in [6, 6.07) is 4.37. The van der Waals surface area contributed by atoms with Crippen molar-refractivity contribution in [2.75, 3.05) is 19.6 Å². The number of hydrogen-bond acceptors (Lipinski definition) is 4. The molecule has 2 fully saturated rings. The summed E-state index contributed by atoms with van der Waals surface area (Å²) in [5.41, 5.74) is 0.296. The maximum atomic E-state index is 12.6. The fourth-order valence-corrected chi connectivity index (χ4v) is 4.90. The van der Waals surface area contributed by atoms with Crippen LogP contribution < -0.4 is 10.5 Å². The maximum absolute atomic E-state index is 12.6. The number of halogens is 1. The standard InChI is InChI=1S/C18H26BrN3O3S/c19-17-6-5-15(26(20,24)25)11-16(17)18(23)21-14-7-9-22(10-8-14)12-13-3-1-2-4-13/h5-6,11,13-14H,1-4,7-10,12H2,(H,21,23)(H2,20,24,25). The number of likely N-dealkylation sites (tertiary alicyclic amines) is 1. The molecule has 1 amide bonds. The van der Waals surface area contributed by atoms with E-state index >= 15 is 0 Å². The number of sulfonamides is 1. The Balaban J connectivity index is 1.56. The molecule has 0 atom stereocenters. The lowest BCUT2D eigenvalue weighted by Crippen LogP contribution is -2.45. The Kier molecular flexibility index (Phi) is 6.37. The third-order valence-corrected chi connectivity index (χ3v) is 7.03. The van der Waals surface area contributed by atoms with Gasteiger partial charge in [-0.2, -0.15) is 0 Å². The van der Waals surface area contributed by atoms with E-state index in [0.717, 1.165) is 31.8 Å². The molecule has 26 heavy (non-hydrogen) atoms. The second-order valence-corrected chi connectivity index (χ2v) is 9.80. The van der Waals surface area contributed by atoms with Gasteiger partial charge in [-0.3, -0.25) is 4.79 Å². The van der Waals surface area contributed by atoms with Crippen LogP contribution in [-0.4, -0.2) is 44.9 Å². The van der Waals surface area contributed by atoms with E-state index in [4.69, 9.17) is 5.14 Å². The van der Waals surface area contributed by atoms with Crippen molar-refractivity contribution in [2.45, 2.75) is 49.5 Å². The topological polar surface area (TPSA) is 92.5 Å². The van der Waals surface area contributed by atoms with Crippen LogP contribution in [0.1, 0.15) is 48.9 Å². The van der Waals surface area contributed by atoms with E-state index in [1.807, 2.05) is 0 Å². The van der Waals surface area contributed by atoms with Crippen LogP contribution in [0.3, 0.4) is 0 Å². The Morgan fingerprint density at radius 1 is 1.19 bits per heavy atom.